The molecule has 1 heterocycles. The summed E-state index contributed by atoms with van der Waals surface area (Å²) in [5.41, 5.74) is 4.95. The fourth-order valence-electron chi connectivity index (χ4n) is 1.97. The molecule has 4 nitrogen and oxygen atoms in total. The summed E-state index contributed by atoms with van der Waals surface area (Å²) in [6.45, 7) is 0.471. The van der Waals surface area contributed by atoms with Gasteiger partial charge in [0, 0.05) is 23.3 Å². The fraction of sp³-hybridized carbons (Fsp3) is 0.267. The lowest BCUT2D eigenvalue weighted by Gasteiger charge is -2.14. The molecule has 2 aromatic rings. The second-order valence-electron chi connectivity index (χ2n) is 4.94. The molecular weight excluding hydrogens is 329 g/mol. The molecule has 0 saturated carbocycles. The van der Waals surface area contributed by atoms with E-state index in [1.54, 1.807) is 11.4 Å². The van der Waals surface area contributed by atoms with Gasteiger partial charge >= 0.3 is 6.18 Å². The molecule has 8 heteroatoms. The van der Waals surface area contributed by atoms with E-state index in [2.05, 4.69) is 5.32 Å². The maximum Gasteiger partial charge on any atom is 0.416 e. The number of thiophene rings is 1. The van der Waals surface area contributed by atoms with Crippen molar-refractivity contribution in [2.75, 3.05) is 6.54 Å². The molecule has 1 unspecified atom stereocenters. The highest BCUT2D eigenvalue weighted by atomic mass is 32.1. The summed E-state index contributed by atoms with van der Waals surface area (Å²) in [7, 11) is 0. The summed E-state index contributed by atoms with van der Waals surface area (Å²) < 4.78 is 37.9. The second-order valence-corrected chi connectivity index (χ2v) is 5.93. The van der Waals surface area contributed by atoms with Crippen LogP contribution in [0.25, 0.3) is 0 Å². The summed E-state index contributed by atoms with van der Waals surface area (Å²) in [5.74, 6) is -0.517. The third-order valence-corrected chi connectivity index (χ3v) is 4.11. The van der Waals surface area contributed by atoms with Crippen molar-refractivity contribution in [3.63, 3.8) is 0 Å². The summed E-state index contributed by atoms with van der Waals surface area (Å²) in [4.78, 5) is 11.8. The maximum absolute atomic E-state index is 12.6. The van der Waals surface area contributed by atoms with Gasteiger partial charge in [-0.2, -0.15) is 13.2 Å². The second kappa shape index (κ2) is 7.12. The van der Waals surface area contributed by atoms with E-state index in [0.29, 0.717) is 12.1 Å². The molecule has 0 aliphatic heterocycles. The van der Waals surface area contributed by atoms with E-state index in [-0.39, 0.29) is 12.1 Å². The maximum atomic E-state index is 12.6. The van der Waals surface area contributed by atoms with Crippen LogP contribution in [0.3, 0.4) is 0 Å². The molecule has 23 heavy (non-hydrogen) atoms. The van der Waals surface area contributed by atoms with Crippen LogP contribution in [0.1, 0.15) is 32.5 Å². The largest absolute Gasteiger partial charge is 0.416 e. The van der Waals surface area contributed by atoms with E-state index in [9.17, 15) is 23.1 Å². The van der Waals surface area contributed by atoms with E-state index in [1.165, 1.54) is 23.5 Å². The first-order valence-corrected chi connectivity index (χ1v) is 7.58. The van der Waals surface area contributed by atoms with E-state index < -0.39 is 23.8 Å². The SMILES string of the molecule is NC(=O)c1csc(CNCC(O)c2cccc(C(F)(F)F)c2)c1. The molecule has 0 aliphatic rings. The van der Waals surface area contributed by atoms with Gasteiger partial charge in [-0.25, -0.2) is 0 Å². The molecule has 0 fully saturated rings. The highest BCUT2D eigenvalue weighted by molar-refractivity contribution is 7.10. The molecule has 1 amide bonds. The van der Waals surface area contributed by atoms with Gasteiger partial charge in [0.1, 0.15) is 0 Å². The Hall–Kier alpha value is -1.90. The van der Waals surface area contributed by atoms with Crippen LogP contribution in [-0.4, -0.2) is 17.6 Å². The number of alkyl halides is 3. The van der Waals surface area contributed by atoms with Gasteiger partial charge in [-0.05, 0) is 23.8 Å². The molecule has 4 N–H and O–H groups in total. The lowest BCUT2D eigenvalue weighted by Crippen LogP contribution is -2.21. The van der Waals surface area contributed by atoms with Crippen LogP contribution < -0.4 is 11.1 Å². The van der Waals surface area contributed by atoms with Crippen molar-refractivity contribution in [1.29, 1.82) is 0 Å². The molecule has 124 valence electrons. The average Bonchev–Trinajstić information content (AvgIpc) is 2.95. The molecule has 1 atom stereocenters. The zero-order valence-electron chi connectivity index (χ0n) is 11.9. The first-order chi connectivity index (χ1) is 10.8. The Morgan fingerprint density at radius 3 is 2.70 bits per heavy atom. The van der Waals surface area contributed by atoms with Crippen molar-refractivity contribution in [1.82, 2.24) is 5.32 Å². The third kappa shape index (κ3) is 4.78. The number of nitrogens with one attached hydrogen (secondary N) is 1. The number of hydrogen-bond donors (Lipinski definition) is 3. The molecule has 1 aromatic carbocycles. The molecular formula is C15H15F3N2O2S. The lowest BCUT2D eigenvalue weighted by molar-refractivity contribution is -0.137. The zero-order chi connectivity index (χ0) is 17.0. The molecule has 0 spiro atoms. The minimum absolute atomic E-state index is 0.0884. The van der Waals surface area contributed by atoms with Crippen LogP contribution in [-0.2, 0) is 12.7 Å². The number of benzene rings is 1. The number of rotatable bonds is 6. The Balaban J connectivity index is 1.91. The summed E-state index contributed by atoms with van der Waals surface area (Å²) in [6, 6.07) is 6.23. The Bertz CT molecular complexity index is 685. The molecule has 1 aromatic heterocycles. The quantitative estimate of drug-likeness (QED) is 0.754. The number of halogens is 3. The van der Waals surface area contributed by atoms with Gasteiger partial charge in [-0.15, -0.1) is 11.3 Å². The smallest absolute Gasteiger partial charge is 0.387 e. The molecule has 0 aliphatic carbocycles. The topological polar surface area (TPSA) is 75.4 Å². The molecule has 0 radical (unpaired) electrons. The van der Waals surface area contributed by atoms with Crippen LogP contribution in [0.15, 0.2) is 35.7 Å². The summed E-state index contributed by atoms with van der Waals surface area (Å²) in [6.07, 6.45) is -5.50. The monoisotopic (exact) mass is 344 g/mol. The van der Waals surface area contributed by atoms with Gasteiger partial charge in [0.25, 0.3) is 0 Å². The highest BCUT2D eigenvalue weighted by Crippen LogP contribution is 2.30. The van der Waals surface area contributed by atoms with E-state index in [4.69, 9.17) is 5.73 Å². The number of aliphatic hydroxyl groups excluding tert-OH is 1. The van der Waals surface area contributed by atoms with Crippen LogP contribution in [0.2, 0.25) is 0 Å². The van der Waals surface area contributed by atoms with Crippen molar-refractivity contribution < 1.29 is 23.1 Å². The first-order valence-electron chi connectivity index (χ1n) is 6.70. The average molecular weight is 344 g/mol. The molecule has 2 rings (SSSR count). The van der Waals surface area contributed by atoms with Gasteiger partial charge in [-0.1, -0.05) is 12.1 Å². The van der Waals surface area contributed by atoms with Crippen molar-refractivity contribution in [2.24, 2.45) is 5.73 Å². The Labute approximate surface area is 134 Å². The third-order valence-electron chi connectivity index (χ3n) is 3.17. The number of hydrogen-bond acceptors (Lipinski definition) is 4. The number of carbonyl (C=O) groups excluding carboxylic acids is 1. The fourth-order valence-corrected chi connectivity index (χ4v) is 2.82. The van der Waals surface area contributed by atoms with Gasteiger partial charge in [-0.3, -0.25) is 4.79 Å². The van der Waals surface area contributed by atoms with Crippen LogP contribution in [0, 0.1) is 0 Å². The van der Waals surface area contributed by atoms with Crippen molar-refractivity contribution >= 4 is 17.2 Å². The van der Waals surface area contributed by atoms with Gasteiger partial charge in [0.05, 0.1) is 17.2 Å². The van der Waals surface area contributed by atoms with Crippen molar-refractivity contribution in [3.8, 4) is 0 Å². The van der Waals surface area contributed by atoms with Gasteiger partial charge in [0.15, 0.2) is 0 Å². The predicted octanol–water partition coefficient (Wildman–Crippen LogP) is 2.69. The zero-order valence-corrected chi connectivity index (χ0v) is 12.7. The van der Waals surface area contributed by atoms with Crippen LogP contribution in [0.5, 0.6) is 0 Å². The van der Waals surface area contributed by atoms with Crippen LogP contribution >= 0.6 is 11.3 Å². The number of amides is 1. The standard InChI is InChI=1S/C15H15F3N2O2S/c16-15(17,18)11-3-1-2-9(4-11)13(21)7-20-6-12-5-10(8-23-12)14(19)22/h1-5,8,13,20-21H,6-7H2,(H2,19,22). The van der Waals surface area contributed by atoms with E-state index in [0.717, 1.165) is 17.0 Å². The minimum atomic E-state index is -4.44. The number of primary amides is 1. The molecule has 0 bridgehead atoms. The number of carbonyl (C=O) groups is 1. The Morgan fingerprint density at radius 1 is 1.35 bits per heavy atom. The van der Waals surface area contributed by atoms with Crippen molar-refractivity contribution in [2.45, 2.75) is 18.8 Å². The van der Waals surface area contributed by atoms with Gasteiger partial charge in [0.2, 0.25) is 5.91 Å². The number of aliphatic hydroxyl groups is 1. The Morgan fingerprint density at radius 2 is 2.09 bits per heavy atom. The summed E-state index contributed by atoms with van der Waals surface area (Å²) >= 11 is 1.34. The predicted molar refractivity (Wildman–Crippen MR) is 80.9 cm³/mol. The highest BCUT2D eigenvalue weighted by Gasteiger charge is 2.30. The first kappa shape index (κ1) is 17.5. The van der Waals surface area contributed by atoms with E-state index in [1.807, 2.05) is 0 Å². The normalized spacial score (nSPS) is 13.0. The summed E-state index contributed by atoms with van der Waals surface area (Å²) in [5, 5.41) is 14.5. The Kier molecular flexibility index (Phi) is 5.40. The lowest BCUT2D eigenvalue weighted by atomic mass is 10.1. The van der Waals surface area contributed by atoms with Crippen LogP contribution in [0.4, 0.5) is 13.2 Å². The molecule has 0 saturated heterocycles. The van der Waals surface area contributed by atoms with Gasteiger partial charge < -0.3 is 16.2 Å². The number of nitrogens with two attached hydrogens (primary N) is 1. The van der Waals surface area contributed by atoms with E-state index >= 15 is 0 Å². The minimum Gasteiger partial charge on any atom is -0.387 e. The van der Waals surface area contributed by atoms with Crippen molar-refractivity contribution in [3.05, 3.63) is 57.3 Å².